The van der Waals surface area contributed by atoms with Crippen LogP contribution in [0.4, 0.5) is 4.39 Å². The molecular formula is C16H15FN4O2. The molecule has 2 aromatic heterocycles. The first-order valence-corrected chi connectivity index (χ1v) is 7.48. The van der Waals surface area contributed by atoms with E-state index in [1.165, 1.54) is 12.1 Å². The van der Waals surface area contributed by atoms with Crippen LogP contribution in [0.1, 0.15) is 30.1 Å². The maximum atomic E-state index is 13.0. The van der Waals surface area contributed by atoms with Gasteiger partial charge in [0.2, 0.25) is 0 Å². The highest BCUT2D eigenvalue weighted by molar-refractivity contribution is 5.51. The van der Waals surface area contributed by atoms with Gasteiger partial charge in [-0.05, 0) is 17.7 Å². The second-order valence-corrected chi connectivity index (χ2v) is 5.41. The Balaban J connectivity index is 1.60. The molecule has 0 fully saturated rings. The lowest BCUT2D eigenvalue weighted by atomic mass is 10.1. The molecule has 0 aliphatic carbocycles. The number of aryl methyl sites for hydroxylation is 1. The molecule has 0 saturated carbocycles. The van der Waals surface area contributed by atoms with Crippen LogP contribution in [-0.2, 0) is 24.3 Å². The van der Waals surface area contributed by atoms with Crippen molar-refractivity contribution in [1.29, 1.82) is 0 Å². The SMILES string of the molecule is CCc1noc(-c2ncn3c2COC(c2ccc(F)cc2)C3)n1. The molecule has 1 aliphatic rings. The second-order valence-electron chi connectivity index (χ2n) is 5.41. The van der Waals surface area contributed by atoms with Gasteiger partial charge in [-0.3, -0.25) is 0 Å². The lowest BCUT2D eigenvalue weighted by Crippen LogP contribution is -2.20. The molecule has 6 nitrogen and oxygen atoms in total. The van der Waals surface area contributed by atoms with E-state index < -0.39 is 0 Å². The number of hydrogen-bond donors (Lipinski definition) is 0. The van der Waals surface area contributed by atoms with E-state index in [0.29, 0.717) is 37.0 Å². The summed E-state index contributed by atoms with van der Waals surface area (Å²) >= 11 is 0. The van der Waals surface area contributed by atoms with Crippen molar-refractivity contribution in [3.63, 3.8) is 0 Å². The molecule has 1 aromatic carbocycles. The number of hydrogen-bond acceptors (Lipinski definition) is 5. The third kappa shape index (κ3) is 2.53. The summed E-state index contributed by atoms with van der Waals surface area (Å²) in [4.78, 5) is 8.70. The van der Waals surface area contributed by atoms with Crippen LogP contribution in [0.5, 0.6) is 0 Å². The minimum atomic E-state index is -0.252. The Labute approximate surface area is 131 Å². The van der Waals surface area contributed by atoms with Gasteiger partial charge in [0.05, 0.1) is 25.2 Å². The molecule has 0 spiro atoms. The molecule has 4 rings (SSSR count). The molecule has 118 valence electrons. The van der Waals surface area contributed by atoms with Crippen molar-refractivity contribution in [3.8, 4) is 11.6 Å². The van der Waals surface area contributed by atoms with Gasteiger partial charge in [-0.15, -0.1) is 0 Å². The van der Waals surface area contributed by atoms with Crippen molar-refractivity contribution < 1.29 is 13.7 Å². The van der Waals surface area contributed by atoms with Gasteiger partial charge in [-0.1, -0.05) is 24.2 Å². The van der Waals surface area contributed by atoms with Gasteiger partial charge in [-0.2, -0.15) is 4.98 Å². The van der Waals surface area contributed by atoms with Crippen LogP contribution in [0, 0.1) is 5.82 Å². The fraction of sp³-hybridized carbons (Fsp3) is 0.312. The zero-order valence-electron chi connectivity index (χ0n) is 12.6. The number of imidazole rings is 1. The molecule has 3 heterocycles. The van der Waals surface area contributed by atoms with E-state index in [0.717, 1.165) is 11.3 Å². The highest BCUT2D eigenvalue weighted by Gasteiger charge is 2.26. The summed E-state index contributed by atoms with van der Waals surface area (Å²) < 4.78 is 26.2. The van der Waals surface area contributed by atoms with Gasteiger partial charge in [0, 0.05) is 6.42 Å². The molecule has 0 radical (unpaired) electrons. The number of halogens is 1. The maximum Gasteiger partial charge on any atom is 0.278 e. The predicted molar refractivity (Wildman–Crippen MR) is 78.8 cm³/mol. The van der Waals surface area contributed by atoms with Crippen LogP contribution in [0.25, 0.3) is 11.6 Å². The number of rotatable bonds is 3. The minimum Gasteiger partial charge on any atom is -0.365 e. The quantitative estimate of drug-likeness (QED) is 0.743. The standard InChI is InChI=1S/C16H15FN4O2/c1-2-14-19-16(23-20-14)15-12-8-22-13(7-21(12)9-18-15)10-3-5-11(17)6-4-10/h3-6,9,13H,2,7-8H2,1H3. The summed E-state index contributed by atoms with van der Waals surface area (Å²) in [5.74, 6) is 0.820. The monoisotopic (exact) mass is 314 g/mol. The molecule has 23 heavy (non-hydrogen) atoms. The third-order valence-electron chi connectivity index (χ3n) is 3.96. The Kier molecular flexibility index (Phi) is 3.42. The first-order chi connectivity index (χ1) is 11.2. The molecule has 1 atom stereocenters. The fourth-order valence-electron chi connectivity index (χ4n) is 2.68. The number of fused-ring (bicyclic) bond motifs is 1. The van der Waals surface area contributed by atoms with E-state index in [1.54, 1.807) is 18.5 Å². The molecule has 0 N–H and O–H groups in total. The Hall–Kier alpha value is -2.54. The van der Waals surface area contributed by atoms with Gasteiger partial charge in [0.25, 0.3) is 5.89 Å². The fourth-order valence-corrected chi connectivity index (χ4v) is 2.68. The maximum absolute atomic E-state index is 13.0. The van der Waals surface area contributed by atoms with Gasteiger partial charge in [0.15, 0.2) is 11.5 Å². The summed E-state index contributed by atoms with van der Waals surface area (Å²) in [6, 6.07) is 6.37. The zero-order chi connectivity index (χ0) is 15.8. The van der Waals surface area contributed by atoms with Crippen LogP contribution >= 0.6 is 0 Å². The van der Waals surface area contributed by atoms with Crippen molar-refractivity contribution in [2.45, 2.75) is 32.6 Å². The lowest BCUT2D eigenvalue weighted by molar-refractivity contribution is 0.00327. The van der Waals surface area contributed by atoms with E-state index in [-0.39, 0.29) is 11.9 Å². The van der Waals surface area contributed by atoms with Gasteiger partial charge < -0.3 is 13.8 Å². The van der Waals surface area contributed by atoms with Crippen molar-refractivity contribution in [3.05, 3.63) is 53.5 Å². The smallest absolute Gasteiger partial charge is 0.278 e. The normalized spacial score (nSPS) is 17.2. The van der Waals surface area contributed by atoms with E-state index >= 15 is 0 Å². The third-order valence-corrected chi connectivity index (χ3v) is 3.96. The number of nitrogens with zero attached hydrogens (tertiary/aromatic N) is 4. The average molecular weight is 314 g/mol. The van der Waals surface area contributed by atoms with Gasteiger partial charge in [0.1, 0.15) is 11.9 Å². The van der Waals surface area contributed by atoms with Gasteiger partial charge >= 0.3 is 0 Å². The van der Waals surface area contributed by atoms with E-state index in [4.69, 9.17) is 9.26 Å². The Morgan fingerprint density at radius 2 is 2.13 bits per heavy atom. The van der Waals surface area contributed by atoms with Crippen LogP contribution in [-0.4, -0.2) is 19.7 Å². The van der Waals surface area contributed by atoms with Crippen molar-refractivity contribution in [1.82, 2.24) is 19.7 Å². The highest BCUT2D eigenvalue weighted by atomic mass is 19.1. The van der Waals surface area contributed by atoms with Gasteiger partial charge in [-0.25, -0.2) is 9.37 Å². The number of aromatic nitrogens is 4. The van der Waals surface area contributed by atoms with E-state index in [1.807, 2.05) is 11.5 Å². The number of ether oxygens (including phenoxy) is 1. The van der Waals surface area contributed by atoms with Crippen LogP contribution in [0.3, 0.4) is 0 Å². The summed E-state index contributed by atoms with van der Waals surface area (Å²) in [5, 5.41) is 3.90. The predicted octanol–water partition coefficient (Wildman–Crippen LogP) is 2.91. The molecule has 1 aliphatic heterocycles. The molecule has 7 heteroatoms. The summed E-state index contributed by atoms with van der Waals surface area (Å²) in [7, 11) is 0. The van der Waals surface area contributed by atoms with Crippen LogP contribution in [0.15, 0.2) is 35.1 Å². The van der Waals surface area contributed by atoms with E-state index in [2.05, 4.69) is 15.1 Å². The summed E-state index contributed by atoms with van der Waals surface area (Å²) in [5.41, 5.74) is 2.52. The lowest BCUT2D eigenvalue weighted by Gasteiger charge is -2.25. The summed E-state index contributed by atoms with van der Waals surface area (Å²) in [6.45, 7) is 2.97. The first-order valence-electron chi connectivity index (χ1n) is 7.48. The van der Waals surface area contributed by atoms with Crippen LogP contribution < -0.4 is 0 Å². The Morgan fingerprint density at radius 1 is 1.30 bits per heavy atom. The average Bonchev–Trinajstić information content (AvgIpc) is 3.21. The molecule has 0 bridgehead atoms. The van der Waals surface area contributed by atoms with Crippen LogP contribution in [0.2, 0.25) is 0 Å². The van der Waals surface area contributed by atoms with Crippen molar-refractivity contribution in [2.24, 2.45) is 0 Å². The van der Waals surface area contributed by atoms with E-state index in [9.17, 15) is 4.39 Å². The number of benzene rings is 1. The molecule has 0 amide bonds. The Bertz CT molecular complexity index is 825. The topological polar surface area (TPSA) is 66.0 Å². The van der Waals surface area contributed by atoms with Crippen molar-refractivity contribution >= 4 is 0 Å². The summed E-state index contributed by atoms with van der Waals surface area (Å²) in [6.07, 6.45) is 2.33. The molecule has 0 saturated heterocycles. The molecule has 1 unspecified atom stereocenters. The Morgan fingerprint density at radius 3 is 2.87 bits per heavy atom. The van der Waals surface area contributed by atoms with Crippen molar-refractivity contribution in [2.75, 3.05) is 0 Å². The molecular weight excluding hydrogens is 299 g/mol. The molecule has 3 aromatic rings. The minimum absolute atomic E-state index is 0.126. The first kappa shape index (κ1) is 14.1. The zero-order valence-corrected chi connectivity index (χ0v) is 12.6. The largest absolute Gasteiger partial charge is 0.365 e. The second kappa shape index (κ2) is 5.58. The highest BCUT2D eigenvalue weighted by Crippen LogP contribution is 2.31.